The van der Waals surface area contributed by atoms with Crippen molar-refractivity contribution in [2.45, 2.75) is 37.8 Å². The lowest BCUT2D eigenvalue weighted by Gasteiger charge is -2.28. The summed E-state index contributed by atoms with van der Waals surface area (Å²) in [7, 11) is 0. The molecule has 1 heterocycles. The number of hydrogen-bond donors (Lipinski definition) is 2. The second-order valence-corrected chi connectivity index (χ2v) is 3.83. The Hall–Kier alpha value is -1.23. The maximum atomic E-state index is 12.8. The van der Waals surface area contributed by atoms with Crippen LogP contribution >= 0.6 is 0 Å². The Labute approximate surface area is 87.6 Å². The van der Waals surface area contributed by atoms with E-state index in [1.165, 1.54) is 12.4 Å². The van der Waals surface area contributed by atoms with Crippen molar-refractivity contribution in [2.75, 3.05) is 5.32 Å². The number of nitrogens with zero attached hydrogens (tertiary/aromatic N) is 2. The van der Waals surface area contributed by atoms with Crippen molar-refractivity contribution < 1.29 is 9.50 Å². The highest BCUT2D eigenvalue weighted by Crippen LogP contribution is 2.21. The van der Waals surface area contributed by atoms with Gasteiger partial charge >= 0.3 is 0 Å². The molecule has 0 spiro atoms. The highest BCUT2D eigenvalue weighted by molar-refractivity contribution is 5.34. The highest BCUT2D eigenvalue weighted by atomic mass is 19.1. The van der Waals surface area contributed by atoms with E-state index in [0.717, 1.165) is 25.7 Å². The fourth-order valence-corrected chi connectivity index (χ4v) is 1.88. The average molecular weight is 211 g/mol. The van der Waals surface area contributed by atoms with E-state index in [1.807, 2.05) is 0 Å². The van der Waals surface area contributed by atoms with Crippen molar-refractivity contribution in [2.24, 2.45) is 0 Å². The summed E-state index contributed by atoms with van der Waals surface area (Å²) < 4.78 is 12.8. The third kappa shape index (κ3) is 2.62. The Morgan fingerprint density at radius 3 is 2.87 bits per heavy atom. The number of aliphatic hydroxyl groups is 1. The van der Waals surface area contributed by atoms with Crippen LogP contribution < -0.4 is 5.32 Å². The van der Waals surface area contributed by atoms with Crippen LogP contribution in [0.15, 0.2) is 12.4 Å². The summed E-state index contributed by atoms with van der Waals surface area (Å²) in [4.78, 5) is 7.27. The molecule has 1 aromatic heterocycles. The van der Waals surface area contributed by atoms with Crippen LogP contribution in [0.3, 0.4) is 0 Å². The first kappa shape index (κ1) is 10.3. The number of rotatable bonds is 2. The van der Waals surface area contributed by atoms with E-state index in [2.05, 4.69) is 15.3 Å². The Bertz CT molecular complexity index is 334. The van der Waals surface area contributed by atoms with Crippen molar-refractivity contribution >= 4 is 5.82 Å². The van der Waals surface area contributed by atoms with Gasteiger partial charge in [-0.15, -0.1) is 0 Å². The van der Waals surface area contributed by atoms with Gasteiger partial charge in [0.2, 0.25) is 5.95 Å². The first-order valence-electron chi connectivity index (χ1n) is 5.18. The molecule has 0 saturated heterocycles. The largest absolute Gasteiger partial charge is 0.391 e. The molecule has 15 heavy (non-hydrogen) atoms. The molecule has 1 aliphatic carbocycles. The molecule has 5 heteroatoms. The predicted octanol–water partition coefficient (Wildman–Crippen LogP) is 1.33. The molecule has 2 rings (SSSR count). The summed E-state index contributed by atoms with van der Waals surface area (Å²) in [6.07, 6.45) is 4.64. The third-order valence-electron chi connectivity index (χ3n) is 2.70. The second-order valence-electron chi connectivity index (χ2n) is 3.83. The van der Waals surface area contributed by atoms with E-state index in [1.54, 1.807) is 0 Å². The van der Waals surface area contributed by atoms with Crippen molar-refractivity contribution in [3.63, 3.8) is 0 Å². The summed E-state index contributed by atoms with van der Waals surface area (Å²) in [5, 5.41) is 12.7. The molecule has 0 radical (unpaired) electrons. The van der Waals surface area contributed by atoms with Crippen LogP contribution in [0.2, 0.25) is 0 Å². The average Bonchev–Trinajstić information content (AvgIpc) is 2.22. The zero-order chi connectivity index (χ0) is 10.7. The molecule has 4 nitrogen and oxygen atoms in total. The first-order chi connectivity index (χ1) is 7.25. The lowest BCUT2D eigenvalue weighted by molar-refractivity contribution is 0.116. The van der Waals surface area contributed by atoms with Gasteiger partial charge in [-0.1, -0.05) is 12.8 Å². The van der Waals surface area contributed by atoms with E-state index in [4.69, 9.17) is 0 Å². The monoisotopic (exact) mass is 211 g/mol. The summed E-state index contributed by atoms with van der Waals surface area (Å²) >= 11 is 0. The molecule has 0 amide bonds. The van der Waals surface area contributed by atoms with Gasteiger partial charge in [0.15, 0.2) is 0 Å². The number of anilines is 1. The maximum absolute atomic E-state index is 12.8. The van der Waals surface area contributed by atoms with E-state index >= 15 is 0 Å². The smallest absolute Gasteiger partial charge is 0.217 e. The predicted molar refractivity (Wildman–Crippen MR) is 53.9 cm³/mol. The van der Waals surface area contributed by atoms with Gasteiger partial charge in [-0.3, -0.25) is 0 Å². The molecule has 2 N–H and O–H groups in total. The molecule has 1 aromatic rings. The van der Waals surface area contributed by atoms with Gasteiger partial charge in [-0.2, -0.15) is 4.39 Å². The molecule has 0 bridgehead atoms. The minimum Gasteiger partial charge on any atom is -0.391 e. The van der Waals surface area contributed by atoms with Gasteiger partial charge in [0, 0.05) is 6.07 Å². The summed E-state index contributed by atoms with van der Waals surface area (Å²) in [6, 6.07) is 1.22. The number of hydrogen-bond acceptors (Lipinski definition) is 4. The van der Waals surface area contributed by atoms with Gasteiger partial charge in [-0.05, 0) is 12.8 Å². The molecular formula is C10H14FN3O. The van der Waals surface area contributed by atoms with Crippen molar-refractivity contribution in [3.8, 4) is 0 Å². The Morgan fingerprint density at radius 1 is 1.33 bits per heavy atom. The zero-order valence-electron chi connectivity index (χ0n) is 8.36. The summed E-state index contributed by atoms with van der Waals surface area (Å²) in [6.45, 7) is 0. The number of aliphatic hydroxyl groups excluding tert-OH is 1. The van der Waals surface area contributed by atoms with Crippen LogP contribution in [0, 0.1) is 5.95 Å². The highest BCUT2D eigenvalue weighted by Gasteiger charge is 2.22. The lowest BCUT2D eigenvalue weighted by atomic mass is 9.93. The van der Waals surface area contributed by atoms with Crippen LogP contribution in [0.25, 0.3) is 0 Å². The number of aromatic nitrogens is 2. The van der Waals surface area contributed by atoms with Gasteiger partial charge in [0.25, 0.3) is 0 Å². The number of halogens is 1. The minimum atomic E-state index is -0.558. The first-order valence-corrected chi connectivity index (χ1v) is 5.18. The molecule has 0 aromatic carbocycles. The Morgan fingerprint density at radius 2 is 2.13 bits per heavy atom. The van der Waals surface area contributed by atoms with Gasteiger partial charge < -0.3 is 10.4 Å². The van der Waals surface area contributed by atoms with E-state index < -0.39 is 5.95 Å². The molecule has 1 fully saturated rings. The van der Waals surface area contributed by atoms with Crippen LogP contribution in [-0.2, 0) is 0 Å². The van der Waals surface area contributed by atoms with E-state index in [9.17, 15) is 9.50 Å². The molecule has 2 atom stereocenters. The van der Waals surface area contributed by atoms with Gasteiger partial charge in [-0.25, -0.2) is 9.97 Å². The normalized spacial score (nSPS) is 26.3. The van der Waals surface area contributed by atoms with Crippen LogP contribution in [0.1, 0.15) is 25.7 Å². The molecule has 1 aliphatic rings. The van der Waals surface area contributed by atoms with Crippen molar-refractivity contribution in [3.05, 3.63) is 18.3 Å². The van der Waals surface area contributed by atoms with Gasteiger partial charge in [0.05, 0.1) is 12.1 Å². The van der Waals surface area contributed by atoms with Crippen LogP contribution in [0.5, 0.6) is 0 Å². The SMILES string of the molecule is OC1CCCCC1Nc1cc(F)ncn1. The minimum absolute atomic E-state index is 0.0203. The molecule has 0 aliphatic heterocycles. The topological polar surface area (TPSA) is 58.0 Å². The van der Waals surface area contributed by atoms with Crippen molar-refractivity contribution in [1.82, 2.24) is 9.97 Å². The lowest BCUT2D eigenvalue weighted by Crippen LogP contribution is -2.36. The van der Waals surface area contributed by atoms with E-state index in [-0.39, 0.29) is 12.1 Å². The Kier molecular flexibility index (Phi) is 3.11. The maximum Gasteiger partial charge on any atom is 0.217 e. The molecule has 82 valence electrons. The fraction of sp³-hybridized carbons (Fsp3) is 0.600. The van der Waals surface area contributed by atoms with Crippen LogP contribution in [0.4, 0.5) is 10.2 Å². The Balaban J connectivity index is 2.01. The summed E-state index contributed by atoms with van der Waals surface area (Å²) in [5.41, 5.74) is 0. The second kappa shape index (κ2) is 4.53. The van der Waals surface area contributed by atoms with E-state index in [0.29, 0.717) is 5.82 Å². The van der Waals surface area contributed by atoms with Crippen molar-refractivity contribution in [1.29, 1.82) is 0 Å². The molecule has 1 saturated carbocycles. The summed E-state index contributed by atoms with van der Waals surface area (Å²) in [5.74, 6) is -0.119. The third-order valence-corrected chi connectivity index (χ3v) is 2.70. The molecular weight excluding hydrogens is 197 g/mol. The van der Waals surface area contributed by atoms with Crippen LogP contribution in [-0.4, -0.2) is 27.2 Å². The van der Waals surface area contributed by atoms with Gasteiger partial charge in [0.1, 0.15) is 12.1 Å². The fourth-order valence-electron chi connectivity index (χ4n) is 1.88. The number of nitrogens with one attached hydrogen (secondary N) is 1. The zero-order valence-corrected chi connectivity index (χ0v) is 8.36. The molecule has 2 unspecified atom stereocenters. The standard InChI is InChI=1S/C10H14FN3O/c11-9-5-10(13-6-12-9)14-7-3-1-2-4-8(7)15/h5-8,15H,1-4H2,(H,12,13,14). The quantitative estimate of drug-likeness (QED) is 0.724.